The molecule has 2 rings (SSSR count). The molecule has 2 unspecified atom stereocenters. The number of piperidine rings is 1. The van der Waals surface area contributed by atoms with E-state index in [0.717, 1.165) is 12.1 Å². The van der Waals surface area contributed by atoms with E-state index in [1.54, 1.807) is 6.92 Å². The highest BCUT2D eigenvalue weighted by Crippen LogP contribution is 2.32. The van der Waals surface area contributed by atoms with Gasteiger partial charge in [0.15, 0.2) is 0 Å². The van der Waals surface area contributed by atoms with Gasteiger partial charge in [0.2, 0.25) is 10.0 Å². The molecule has 1 aliphatic rings. The summed E-state index contributed by atoms with van der Waals surface area (Å²) in [5.41, 5.74) is 0. The predicted molar refractivity (Wildman–Crippen MR) is 77.8 cm³/mol. The fourth-order valence-electron chi connectivity index (χ4n) is 2.54. The van der Waals surface area contributed by atoms with Gasteiger partial charge in [-0.2, -0.15) is 4.31 Å². The summed E-state index contributed by atoms with van der Waals surface area (Å²) in [5, 5.41) is 9.02. The van der Waals surface area contributed by atoms with E-state index in [4.69, 9.17) is 5.11 Å². The Kier molecular flexibility index (Phi) is 4.69. The van der Waals surface area contributed by atoms with Crippen molar-refractivity contribution < 1.29 is 22.7 Å². The van der Waals surface area contributed by atoms with E-state index in [2.05, 4.69) is 15.9 Å². The Balaban J connectivity index is 2.30. The van der Waals surface area contributed by atoms with Crippen LogP contribution in [0.5, 0.6) is 0 Å². The van der Waals surface area contributed by atoms with Crippen molar-refractivity contribution in [2.45, 2.75) is 30.7 Å². The minimum absolute atomic E-state index is 0.00970. The second-order valence-corrected chi connectivity index (χ2v) is 7.81. The second-order valence-electron chi connectivity index (χ2n) is 5.10. The second kappa shape index (κ2) is 6.02. The van der Waals surface area contributed by atoms with Crippen LogP contribution in [0.2, 0.25) is 0 Å². The highest BCUT2D eigenvalue weighted by molar-refractivity contribution is 9.10. The Morgan fingerprint density at radius 2 is 2.14 bits per heavy atom. The highest BCUT2D eigenvalue weighted by atomic mass is 79.9. The first-order valence-electron chi connectivity index (χ1n) is 6.43. The molecule has 2 atom stereocenters. The van der Waals surface area contributed by atoms with Crippen LogP contribution >= 0.6 is 15.9 Å². The molecule has 5 nitrogen and oxygen atoms in total. The van der Waals surface area contributed by atoms with Gasteiger partial charge >= 0.3 is 5.97 Å². The largest absolute Gasteiger partial charge is 0.481 e. The van der Waals surface area contributed by atoms with Crippen LogP contribution in [0.1, 0.15) is 19.8 Å². The van der Waals surface area contributed by atoms with Crippen molar-refractivity contribution in [3.05, 3.63) is 28.5 Å². The molecule has 116 valence electrons. The van der Waals surface area contributed by atoms with E-state index in [0.29, 0.717) is 0 Å². The zero-order valence-corrected chi connectivity index (χ0v) is 13.7. The number of hydrogen-bond acceptors (Lipinski definition) is 3. The van der Waals surface area contributed by atoms with Crippen LogP contribution in [0.3, 0.4) is 0 Å². The van der Waals surface area contributed by atoms with Gasteiger partial charge in [0.25, 0.3) is 0 Å². The third kappa shape index (κ3) is 3.27. The summed E-state index contributed by atoms with van der Waals surface area (Å²) in [6.07, 6.45) is 0.547. The molecule has 1 aromatic carbocycles. The molecule has 0 aromatic heterocycles. The maximum absolute atomic E-state index is 13.1. The van der Waals surface area contributed by atoms with Crippen LogP contribution in [-0.2, 0) is 14.8 Å². The highest BCUT2D eigenvalue weighted by Gasteiger charge is 2.37. The molecule has 1 fully saturated rings. The standard InChI is InChI=1S/C13H15BrFNO4S/c1-8-6-9(13(17)18)4-5-16(8)21(19,20)12-3-2-10(15)7-11(12)14/h2-3,7-9H,4-6H2,1H3,(H,17,18). The number of hydrogen-bond donors (Lipinski definition) is 1. The molecule has 1 heterocycles. The Labute approximate surface area is 130 Å². The fraction of sp³-hybridized carbons (Fsp3) is 0.462. The third-order valence-corrected chi connectivity index (χ3v) is 6.64. The van der Waals surface area contributed by atoms with Crippen LogP contribution < -0.4 is 0 Å². The Hall–Kier alpha value is -0.990. The molecule has 0 bridgehead atoms. The number of sulfonamides is 1. The molecular formula is C13H15BrFNO4S. The van der Waals surface area contributed by atoms with Crippen LogP contribution in [0.15, 0.2) is 27.6 Å². The van der Waals surface area contributed by atoms with Gasteiger partial charge in [0.05, 0.1) is 10.8 Å². The van der Waals surface area contributed by atoms with Crippen molar-refractivity contribution in [3.63, 3.8) is 0 Å². The van der Waals surface area contributed by atoms with E-state index in [-0.39, 0.29) is 28.8 Å². The maximum atomic E-state index is 13.1. The predicted octanol–water partition coefficient (Wildman–Crippen LogP) is 2.46. The van der Waals surface area contributed by atoms with E-state index in [1.165, 1.54) is 10.4 Å². The monoisotopic (exact) mass is 379 g/mol. The molecule has 8 heteroatoms. The molecule has 0 aliphatic carbocycles. The van der Waals surface area contributed by atoms with Crippen LogP contribution in [0.25, 0.3) is 0 Å². The van der Waals surface area contributed by atoms with Crippen molar-refractivity contribution in [1.82, 2.24) is 4.31 Å². The summed E-state index contributed by atoms with van der Waals surface area (Å²) in [7, 11) is -3.78. The van der Waals surface area contributed by atoms with Gasteiger partial charge in [0.1, 0.15) is 5.82 Å². The lowest BCUT2D eigenvalue weighted by molar-refractivity contribution is -0.143. The molecule has 1 aliphatic heterocycles. The summed E-state index contributed by atoms with van der Waals surface area (Å²) < 4.78 is 39.8. The number of nitrogens with zero attached hydrogens (tertiary/aromatic N) is 1. The van der Waals surface area contributed by atoms with Crippen molar-refractivity contribution >= 4 is 31.9 Å². The molecule has 0 saturated carbocycles. The SMILES string of the molecule is CC1CC(C(=O)O)CCN1S(=O)(=O)c1ccc(F)cc1Br. The number of carboxylic acids is 1. The van der Waals surface area contributed by atoms with Crippen LogP contribution in [-0.4, -0.2) is 36.4 Å². The van der Waals surface area contributed by atoms with Gasteiger partial charge in [-0.3, -0.25) is 4.79 Å². The molecule has 0 spiro atoms. The smallest absolute Gasteiger partial charge is 0.306 e. The average molecular weight is 380 g/mol. The first-order chi connectivity index (χ1) is 9.73. The number of benzene rings is 1. The molecular weight excluding hydrogens is 365 g/mol. The van der Waals surface area contributed by atoms with Gasteiger partial charge in [0, 0.05) is 17.1 Å². The molecule has 1 saturated heterocycles. The minimum atomic E-state index is -3.78. The van der Waals surface area contributed by atoms with Gasteiger partial charge in [-0.05, 0) is 53.9 Å². The van der Waals surface area contributed by atoms with Crippen LogP contribution in [0, 0.1) is 11.7 Å². The van der Waals surface area contributed by atoms with Gasteiger partial charge in [-0.1, -0.05) is 0 Å². The Morgan fingerprint density at radius 3 is 2.67 bits per heavy atom. The normalized spacial score (nSPS) is 24.0. The third-order valence-electron chi connectivity index (χ3n) is 3.65. The number of carboxylic acid groups (broad SMARTS) is 1. The fourth-order valence-corrected chi connectivity index (χ4v) is 5.21. The summed E-state index contributed by atoms with van der Waals surface area (Å²) >= 11 is 3.06. The lowest BCUT2D eigenvalue weighted by atomic mass is 9.93. The maximum Gasteiger partial charge on any atom is 0.306 e. The number of aliphatic carboxylic acids is 1. The van der Waals surface area contributed by atoms with Gasteiger partial charge in [-0.25, -0.2) is 12.8 Å². The summed E-state index contributed by atoms with van der Waals surface area (Å²) in [6.45, 7) is 1.83. The first-order valence-corrected chi connectivity index (χ1v) is 8.66. The topological polar surface area (TPSA) is 74.7 Å². The minimum Gasteiger partial charge on any atom is -0.481 e. The van der Waals surface area contributed by atoms with E-state index in [1.807, 2.05) is 0 Å². The van der Waals surface area contributed by atoms with Gasteiger partial charge in [-0.15, -0.1) is 0 Å². The molecule has 1 N–H and O–H groups in total. The summed E-state index contributed by atoms with van der Waals surface area (Å²) in [4.78, 5) is 11.0. The quantitative estimate of drug-likeness (QED) is 0.874. The lowest BCUT2D eigenvalue weighted by Crippen LogP contribution is -2.46. The lowest BCUT2D eigenvalue weighted by Gasteiger charge is -2.35. The average Bonchev–Trinajstić information content (AvgIpc) is 2.37. The van der Waals surface area contributed by atoms with Crippen molar-refractivity contribution in [2.24, 2.45) is 5.92 Å². The summed E-state index contributed by atoms with van der Waals surface area (Å²) in [5.74, 6) is -1.96. The zero-order chi connectivity index (χ0) is 15.8. The van der Waals surface area contributed by atoms with E-state index >= 15 is 0 Å². The summed E-state index contributed by atoms with van der Waals surface area (Å²) in [6, 6.07) is 2.99. The van der Waals surface area contributed by atoms with Crippen LogP contribution in [0.4, 0.5) is 4.39 Å². The van der Waals surface area contributed by atoms with E-state index in [9.17, 15) is 17.6 Å². The zero-order valence-electron chi connectivity index (χ0n) is 11.3. The number of rotatable bonds is 3. The van der Waals surface area contributed by atoms with Crippen molar-refractivity contribution in [2.75, 3.05) is 6.54 Å². The van der Waals surface area contributed by atoms with Crippen molar-refractivity contribution in [3.8, 4) is 0 Å². The molecule has 0 radical (unpaired) electrons. The first kappa shape index (κ1) is 16.4. The number of halogens is 2. The molecule has 1 aromatic rings. The Bertz CT molecular complexity index is 664. The van der Waals surface area contributed by atoms with Gasteiger partial charge < -0.3 is 5.11 Å². The molecule has 21 heavy (non-hydrogen) atoms. The van der Waals surface area contributed by atoms with E-state index < -0.39 is 33.8 Å². The molecule has 0 amide bonds. The number of carbonyl (C=O) groups is 1. The van der Waals surface area contributed by atoms with Crippen molar-refractivity contribution in [1.29, 1.82) is 0 Å². The Morgan fingerprint density at radius 1 is 1.48 bits per heavy atom.